The van der Waals surface area contributed by atoms with Crippen molar-refractivity contribution in [1.29, 1.82) is 0 Å². The van der Waals surface area contributed by atoms with Gasteiger partial charge >= 0.3 is 0 Å². The molecule has 0 saturated heterocycles. The van der Waals surface area contributed by atoms with Gasteiger partial charge in [0.05, 0.1) is 5.69 Å². The fourth-order valence-corrected chi connectivity index (χ4v) is 2.01. The van der Waals surface area contributed by atoms with Crippen molar-refractivity contribution in [2.24, 2.45) is 0 Å². The summed E-state index contributed by atoms with van der Waals surface area (Å²) >= 11 is 0. The zero-order valence-corrected chi connectivity index (χ0v) is 11.2. The molecule has 0 aliphatic rings. The molecule has 3 aromatic rings. The normalized spacial score (nSPS) is 10.3. The van der Waals surface area contributed by atoms with Crippen LogP contribution in [0.4, 0.5) is 11.8 Å². The van der Waals surface area contributed by atoms with Crippen LogP contribution in [-0.4, -0.2) is 9.97 Å². The smallest absolute Gasteiger partial charge is 0.222 e. The third kappa shape index (κ3) is 2.92. The van der Waals surface area contributed by atoms with E-state index in [1.54, 1.807) is 6.07 Å². The van der Waals surface area contributed by atoms with Gasteiger partial charge in [-0.05, 0) is 24.3 Å². The number of rotatable bonds is 3. The van der Waals surface area contributed by atoms with Gasteiger partial charge in [-0.3, -0.25) is 0 Å². The van der Waals surface area contributed by atoms with E-state index in [9.17, 15) is 0 Å². The highest BCUT2D eigenvalue weighted by Gasteiger charge is 2.10. The Bertz CT molecular complexity index is 739. The molecule has 3 rings (SSSR count). The first-order valence-corrected chi connectivity index (χ1v) is 6.45. The van der Waals surface area contributed by atoms with Gasteiger partial charge in [-0.25, -0.2) is 4.98 Å². The first-order chi connectivity index (χ1) is 10.2. The summed E-state index contributed by atoms with van der Waals surface area (Å²) in [6.45, 7) is 0. The van der Waals surface area contributed by atoms with Crippen molar-refractivity contribution in [2.45, 2.75) is 0 Å². The molecule has 0 unspecified atom stereocenters. The zero-order chi connectivity index (χ0) is 14.7. The Balaban J connectivity index is 2.03. The predicted octanol–water partition coefficient (Wildman–Crippen LogP) is 3.10. The van der Waals surface area contributed by atoms with Crippen LogP contribution in [0.2, 0.25) is 0 Å². The van der Waals surface area contributed by atoms with E-state index < -0.39 is 0 Å². The second-order valence-corrected chi connectivity index (χ2v) is 4.45. The lowest BCUT2D eigenvalue weighted by Crippen LogP contribution is -2.01. The zero-order valence-electron chi connectivity index (χ0n) is 11.2. The van der Waals surface area contributed by atoms with E-state index >= 15 is 0 Å². The monoisotopic (exact) mass is 278 g/mol. The number of para-hydroxylation sites is 2. The molecule has 5 heteroatoms. The van der Waals surface area contributed by atoms with E-state index in [1.165, 1.54) is 0 Å². The molecule has 21 heavy (non-hydrogen) atoms. The fraction of sp³-hybridized carbons (Fsp3) is 0. The molecule has 0 fully saturated rings. The van der Waals surface area contributed by atoms with Gasteiger partial charge in [0.2, 0.25) is 5.95 Å². The first-order valence-electron chi connectivity index (χ1n) is 6.45. The largest absolute Gasteiger partial charge is 0.457 e. The molecule has 1 heterocycles. The summed E-state index contributed by atoms with van der Waals surface area (Å²) in [6.07, 6.45) is 0. The minimum Gasteiger partial charge on any atom is -0.457 e. The number of hydrogen-bond acceptors (Lipinski definition) is 5. The molecular formula is C16H14N4O. The highest BCUT2D eigenvalue weighted by atomic mass is 16.5. The van der Waals surface area contributed by atoms with Crippen molar-refractivity contribution in [1.82, 2.24) is 9.97 Å². The molecule has 1 aromatic heterocycles. The fourth-order valence-electron chi connectivity index (χ4n) is 2.01. The number of nitrogens with two attached hydrogens (primary N) is 2. The van der Waals surface area contributed by atoms with Crippen LogP contribution in [0, 0.1) is 0 Å². The molecule has 0 aliphatic heterocycles. The molecule has 0 amide bonds. The molecule has 0 atom stereocenters. The Morgan fingerprint density at radius 1 is 0.810 bits per heavy atom. The highest BCUT2D eigenvalue weighted by molar-refractivity contribution is 5.70. The van der Waals surface area contributed by atoms with Crippen molar-refractivity contribution in [3.05, 3.63) is 60.7 Å². The Hall–Kier alpha value is -3.08. The van der Waals surface area contributed by atoms with Crippen LogP contribution in [0.15, 0.2) is 60.7 Å². The van der Waals surface area contributed by atoms with Crippen LogP contribution in [0.1, 0.15) is 0 Å². The van der Waals surface area contributed by atoms with Gasteiger partial charge in [-0.2, -0.15) is 4.98 Å². The van der Waals surface area contributed by atoms with Gasteiger partial charge in [-0.1, -0.05) is 30.3 Å². The number of nitrogen functional groups attached to an aromatic ring is 2. The van der Waals surface area contributed by atoms with E-state index in [0.29, 0.717) is 17.3 Å². The molecule has 104 valence electrons. The van der Waals surface area contributed by atoms with E-state index in [1.807, 2.05) is 54.6 Å². The quantitative estimate of drug-likeness (QED) is 0.768. The number of nitrogens with zero attached hydrogens (tertiary/aromatic N) is 2. The molecule has 0 spiro atoms. The standard InChI is InChI=1S/C16H14N4O/c17-15-10-13(19-16(18)20-15)12-8-4-5-9-14(12)21-11-6-2-1-3-7-11/h1-10H,(H4,17,18,19,20). The lowest BCUT2D eigenvalue weighted by Gasteiger charge is -2.11. The molecule has 5 nitrogen and oxygen atoms in total. The van der Waals surface area contributed by atoms with E-state index in [-0.39, 0.29) is 5.95 Å². The third-order valence-corrected chi connectivity index (χ3v) is 2.90. The van der Waals surface area contributed by atoms with Crippen LogP contribution in [0.5, 0.6) is 11.5 Å². The molecule has 4 N–H and O–H groups in total. The van der Waals surface area contributed by atoms with Crippen molar-refractivity contribution >= 4 is 11.8 Å². The second kappa shape index (κ2) is 5.50. The van der Waals surface area contributed by atoms with Crippen molar-refractivity contribution in [2.75, 3.05) is 11.5 Å². The maximum Gasteiger partial charge on any atom is 0.222 e. The summed E-state index contributed by atoms with van der Waals surface area (Å²) < 4.78 is 5.90. The van der Waals surface area contributed by atoms with Gasteiger partial charge in [0.25, 0.3) is 0 Å². The van der Waals surface area contributed by atoms with E-state index in [2.05, 4.69) is 9.97 Å². The Kier molecular flexibility index (Phi) is 3.39. The van der Waals surface area contributed by atoms with Crippen LogP contribution in [0.3, 0.4) is 0 Å². The minimum atomic E-state index is 0.138. The molecule has 2 aromatic carbocycles. The van der Waals surface area contributed by atoms with E-state index in [4.69, 9.17) is 16.2 Å². The topological polar surface area (TPSA) is 87.0 Å². The van der Waals surface area contributed by atoms with Crippen molar-refractivity contribution in [3.63, 3.8) is 0 Å². The summed E-state index contributed by atoms with van der Waals surface area (Å²) in [5.41, 5.74) is 12.8. The summed E-state index contributed by atoms with van der Waals surface area (Å²) in [7, 11) is 0. The van der Waals surface area contributed by atoms with Crippen LogP contribution < -0.4 is 16.2 Å². The Morgan fingerprint density at radius 3 is 2.29 bits per heavy atom. The molecular weight excluding hydrogens is 264 g/mol. The van der Waals surface area contributed by atoms with Gasteiger partial charge in [0.15, 0.2) is 0 Å². The molecule has 0 saturated carbocycles. The summed E-state index contributed by atoms with van der Waals surface area (Å²) in [5, 5.41) is 0. The number of aromatic nitrogens is 2. The van der Waals surface area contributed by atoms with Gasteiger partial charge in [-0.15, -0.1) is 0 Å². The SMILES string of the molecule is Nc1cc(-c2ccccc2Oc2ccccc2)nc(N)n1. The molecule has 0 aliphatic carbocycles. The summed E-state index contributed by atoms with van der Waals surface area (Å²) in [4.78, 5) is 8.09. The maximum absolute atomic E-state index is 5.90. The molecule has 0 bridgehead atoms. The summed E-state index contributed by atoms with van der Waals surface area (Å²) in [5.74, 6) is 1.90. The van der Waals surface area contributed by atoms with Crippen molar-refractivity contribution < 1.29 is 4.74 Å². The van der Waals surface area contributed by atoms with Crippen LogP contribution >= 0.6 is 0 Å². The average Bonchev–Trinajstić information content (AvgIpc) is 2.48. The lowest BCUT2D eigenvalue weighted by atomic mass is 10.1. The number of ether oxygens (including phenoxy) is 1. The molecule has 0 radical (unpaired) electrons. The average molecular weight is 278 g/mol. The van der Waals surface area contributed by atoms with Crippen LogP contribution in [0.25, 0.3) is 11.3 Å². The van der Waals surface area contributed by atoms with Crippen molar-refractivity contribution in [3.8, 4) is 22.8 Å². The number of hydrogen-bond donors (Lipinski definition) is 2. The van der Waals surface area contributed by atoms with Gasteiger partial charge in [0, 0.05) is 11.6 Å². The van der Waals surface area contributed by atoms with Gasteiger partial charge < -0.3 is 16.2 Å². The lowest BCUT2D eigenvalue weighted by molar-refractivity contribution is 0.484. The second-order valence-electron chi connectivity index (χ2n) is 4.45. The third-order valence-electron chi connectivity index (χ3n) is 2.90. The number of anilines is 2. The predicted molar refractivity (Wildman–Crippen MR) is 82.8 cm³/mol. The Labute approximate surface area is 122 Å². The minimum absolute atomic E-state index is 0.138. The maximum atomic E-state index is 5.90. The first kappa shape index (κ1) is 12.9. The Morgan fingerprint density at radius 2 is 1.52 bits per heavy atom. The van der Waals surface area contributed by atoms with Crippen LogP contribution in [-0.2, 0) is 0 Å². The highest BCUT2D eigenvalue weighted by Crippen LogP contribution is 2.32. The summed E-state index contributed by atoms with van der Waals surface area (Å²) in [6, 6.07) is 18.8. The van der Waals surface area contributed by atoms with Gasteiger partial charge in [0.1, 0.15) is 17.3 Å². The number of benzene rings is 2. The van der Waals surface area contributed by atoms with E-state index in [0.717, 1.165) is 11.3 Å².